The average molecular weight is 167 g/mol. The van der Waals surface area contributed by atoms with Crippen LogP contribution in [0.4, 0.5) is 0 Å². The van der Waals surface area contributed by atoms with Gasteiger partial charge in [-0.3, -0.25) is 4.79 Å². The Labute approximate surface area is 71.4 Å². The Morgan fingerprint density at radius 3 is 3.00 bits per heavy atom. The van der Waals surface area contributed by atoms with Crippen LogP contribution in [0.15, 0.2) is 5.10 Å². The van der Waals surface area contributed by atoms with E-state index in [1.54, 1.807) is 0 Å². The van der Waals surface area contributed by atoms with Crippen LogP contribution in [0.1, 0.15) is 19.3 Å². The second-order valence-corrected chi connectivity index (χ2v) is 3.36. The summed E-state index contributed by atoms with van der Waals surface area (Å²) in [6.07, 6.45) is 2.87. The largest absolute Gasteiger partial charge is 0.316 e. The summed E-state index contributed by atoms with van der Waals surface area (Å²) >= 11 is 0. The van der Waals surface area contributed by atoms with Crippen LogP contribution in [-0.4, -0.2) is 24.7 Å². The number of carbonyl (C=O) groups excluding carboxylic acids is 1. The summed E-state index contributed by atoms with van der Waals surface area (Å²) in [5.74, 6) is 0.522. The molecule has 0 aromatic heterocycles. The van der Waals surface area contributed by atoms with Gasteiger partial charge in [-0.15, -0.1) is 0 Å². The highest BCUT2D eigenvalue weighted by atomic mass is 16.2. The Kier molecular flexibility index (Phi) is 2.08. The van der Waals surface area contributed by atoms with E-state index >= 15 is 0 Å². The summed E-state index contributed by atoms with van der Waals surface area (Å²) in [6.45, 7) is 2.08. The third kappa shape index (κ3) is 1.48. The van der Waals surface area contributed by atoms with Crippen LogP contribution in [0.2, 0.25) is 0 Å². The van der Waals surface area contributed by atoms with Gasteiger partial charge in [-0.25, -0.2) is 5.43 Å². The first-order chi connectivity index (χ1) is 5.86. The molecule has 12 heavy (non-hydrogen) atoms. The van der Waals surface area contributed by atoms with Gasteiger partial charge in [0.15, 0.2) is 0 Å². The van der Waals surface area contributed by atoms with Gasteiger partial charge in [0.2, 0.25) is 5.91 Å². The Morgan fingerprint density at radius 1 is 1.50 bits per heavy atom. The molecule has 1 saturated heterocycles. The minimum atomic E-state index is 0.0376. The second kappa shape index (κ2) is 3.23. The summed E-state index contributed by atoms with van der Waals surface area (Å²) < 4.78 is 0. The molecule has 2 aliphatic rings. The highest BCUT2D eigenvalue weighted by Gasteiger charge is 2.24. The summed E-state index contributed by atoms with van der Waals surface area (Å²) in [4.78, 5) is 10.9. The first kappa shape index (κ1) is 7.73. The Morgan fingerprint density at radius 2 is 2.42 bits per heavy atom. The molecule has 1 unspecified atom stereocenters. The standard InChI is InChI=1S/C8H13N3O/c12-8-4-7(10-11-8)6-2-1-3-9-5-6/h6,9H,1-5H2,(H,11,12). The first-order valence-corrected chi connectivity index (χ1v) is 4.42. The van der Waals surface area contributed by atoms with Crippen molar-refractivity contribution in [3.8, 4) is 0 Å². The van der Waals surface area contributed by atoms with E-state index in [2.05, 4.69) is 15.8 Å². The zero-order valence-corrected chi connectivity index (χ0v) is 6.97. The van der Waals surface area contributed by atoms with Crippen LogP contribution in [0.3, 0.4) is 0 Å². The molecule has 0 saturated carbocycles. The molecule has 2 heterocycles. The maximum absolute atomic E-state index is 10.9. The van der Waals surface area contributed by atoms with Crippen molar-refractivity contribution in [1.82, 2.24) is 10.7 Å². The van der Waals surface area contributed by atoms with E-state index in [9.17, 15) is 4.79 Å². The molecule has 0 aliphatic carbocycles. The maximum atomic E-state index is 10.9. The van der Waals surface area contributed by atoms with Crippen molar-refractivity contribution in [3.05, 3.63) is 0 Å². The van der Waals surface area contributed by atoms with Gasteiger partial charge in [0, 0.05) is 12.5 Å². The molecule has 2 N–H and O–H groups in total. The number of hydrogen-bond acceptors (Lipinski definition) is 3. The molecule has 1 amide bonds. The van der Waals surface area contributed by atoms with E-state index in [0.29, 0.717) is 12.3 Å². The second-order valence-electron chi connectivity index (χ2n) is 3.36. The molecule has 0 aromatic rings. The van der Waals surface area contributed by atoms with Gasteiger partial charge in [-0.2, -0.15) is 5.10 Å². The zero-order valence-electron chi connectivity index (χ0n) is 6.97. The van der Waals surface area contributed by atoms with Crippen molar-refractivity contribution < 1.29 is 4.79 Å². The first-order valence-electron chi connectivity index (χ1n) is 4.42. The molecule has 0 spiro atoms. The molecular formula is C8H13N3O. The highest BCUT2D eigenvalue weighted by molar-refractivity contribution is 6.06. The van der Waals surface area contributed by atoms with Crippen LogP contribution in [0.5, 0.6) is 0 Å². The minimum Gasteiger partial charge on any atom is -0.316 e. The van der Waals surface area contributed by atoms with E-state index in [1.807, 2.05) is 0 Å². The van der Waals surface area contributed by atoms with Gasteiger partial charge >= 0.3 is 0 Å². The van der Waals surface area contributed by atoms with Crippen LogP contribution in [-0.2, 0) is 4.79 Å². The predicted molar refractivity (Wildman–Crippen MR) is 45.8 cm³/mol. The topological polar surface area (TPSA) is 53.5 Å². The molecule has 0 radical (unpaired) electrons. The molecule has 0 bridgehead atoms. The molecular weight excluding hydrogens is 154 g/mol. The summed E-state index contributed by atoms with van der Waals surface area (Å²) in [5, 5.41) is 7.32. The van der Waals surface area contributed by atoms with Crippen molar-refractivity contribution >= 4 is 11.6 Å². The molecule has 1 atom stereocenters. The van der Waals surface area contributed by atoms with E-state index < -0.39 is 0 Å². The lowest BCUT2D eigenvalue weighted by atomic mass is 9.93. The number of rotatable bonds is 1. The average Bonchev–Trinajstić information content (AvgIpc) is 2.54. The van der Waals surface area contributed by atoms with Gasteiger partial charge in [-0.05, 0) is 19.4 Å². The quantitative estimate of drug-likeness (QED) is 0.571. The fourth-order valence-electron chi connectivity index (χ4n) is 1.75. The van der Waals surface area contributed by atoms with E-state index in [0.717, 1.165) is 18.8 Å². The van der Waals surface area contributed by atoms with Gasteiger partial charge in [0.1, 0.15) is 0 Å². The zero-order chi connectivity index (χ0) is 8.39. The summed E-state index contributed by atoms with van der Waals surface area (Å²) in [6, 6.07) is 0. The molecule has 66 valence electrons. The van der Waals surface area contributed by atoms with E-state index in [4.69, 9.17) is 0 Å². The molecule has 2 aliphatic heterocycles. The van der Waals surface area contributed by atoms with Crippen molar-refractivity contribution in [2.24, 2.45) is 11.0 Å². The van der Waals surface area contributed by atoms with Crippen LogP contribution in [0, 0.1) is 5.92 Å². The van der Waals surface area contributed by atoms with E-state index in [-0.39, 0.29) is 5.91 Å². The number of nitrogens with zero attached hydrogens (tertiary/aromatic N) is 1. The lowest BCUT2D eigenvalue weighted by Gasteiger charge is -2.21. The highest BCUT2D eigenvalue weighted by Crippen LogP contribution is 2.15. The van der Waals surface area contributed by atoms with Crippen molar-refractivity contribution in [2.45, 2.75) is 19.3 Å². The Hall–Kier alpha value is -0.900. The lowest BCUT2D eigenvalue weighted by Crippen LogP contribution is -2.34. The van der Waals surface area contributed by atoms with Crippen molar-refractivity contribution in [3.63, 3.8) is 0 Å². The van der Waals surface area contributed by atoms with Gasteiger partial charge in [0.25, 0.3) is 0 Å². The van der Waals surface area contributed by atoms with Gasteiger partial charge in [0.05, 0.1) is 12.1 Å². The maximum Gasteiger partial charge on any atom is 0.245 e. The fraction of sp³-hybridized carbons (Fsp3) is 0.750. The molecule has 4 heteroatoms. The smallest absolute Gasteiger partial charge is 0.245 e. The van der Waals surface area contributed by atoms with Crippen molar-refractivity contribution in [1.29, 1.82) is 0 Å². The van der Waals surface area contributed by atoms with Crippen LogP contribution in [0.25, 0.3) is 0 Å². The lowest BCUT2D eigenvalue weighted by molar-refractivity contribution is -0.119. The monoisotopic (exact) mass is 167 g/mol. The number of hydrazone groups is 1. The minimum absolute atomic E-state index is 0.0376. The van der Waals surface area contributed by atoms with Crippen LogP contribution < -0.4 is 10.7 Å². The summed E-state index contributed by atoms with van der Waals surface area (Å²) in [7, 11) is 0. The SMILES string of the molecule is O=C1CC(C2CCCNC2)=NN1. The van der Waals surface area contributed by atoms with E-state index in [1.165, 1.54) is 12.8 Å². The number of carbonyl (C=O) groups is 1. The van der Waals surface area contributed by atoms with Gasteiger partial charge < -0.3 is 5.32 Å². The number of hydrogen-bond donors (Lipinski definition) is 2. The van der Waals surface area contributed by atoms with Gasteiger partial charge in [-0.1, -0.05) is 0 Å². The predicted octanol–water partition coefficient (Wildman–Crippen LogP) is -0.138. The third-order valence-electron chi connectivity index (χ3n) is 2.43. The molecule has 1 fully saturated rings. The number of amides is 1. The van der Waals surface area contributed by atoms with Crippen LogP contribution >= 0.6 is 0 Å². The summed E-state index contributed by atoms with van der Waals surface area (Å²) in [5.41, 5.74) is 3.52. The number of piperidine rings is 1. The van der Waals surface area contributed by atoms with Crippen molar-refractivity contribution in [2.75, 3.05) is 13.1 Å². The number of nitrogens with one attached hydrogen (secondary N) is 2. The molecule has 2 rings (SSSR count). The Bertz CT molecular complexity index is 218. The fourth-order valence-corrected chi connectivity index (χ4v) is 1.75. The Balaban J connectivity index is 1.95. The normalized spacial score (nSPS) is 29.8. The third-order valence-corrected chi connectivity index (χ3v) is 2.43. The molecule has 4 nitrogen and oxygen atoms in total. The molecule has 0 aromatic carbocycles.